The van der Waals surface area contributed by atoms with Crippen LogP contribution in [0.4, 0.5) is 0 Å². The van der Waals surface area contributed by atoms with Crippen LogP contribution in [0.25, 0.3) is 0 Å². The number of carbonyl (C=O) groups is 1. The van der Waals surface area contributed by atoms with E-state index in [0.717, 1.165) is 18.6 Å². The highest BCUT2D eigenvalue weighted by molar-refractivity contribution is 5.76. The highest BCUT2D eigenvalue weighted by atomic mass is 16.5. The minimum absolute atomic E-state index is 0.193. The number of likely N-dealkylation sites (tertiary alicyclic amines) is 1. The summed E-state index contributed by atoms with van der Waals surface area (Å²) in [5, 5.41) is 10.7. The molecule has 0 aliphatic carbocycles. The summed E-state index contributed by atoms with van der Waals surface area (Å²) in [6, 6.07) is 3.74. The third-order valence-electron chi connectivity index (χ3n) is 4.63. The number of carbonyl (C=O) groups excluding carboxylic acids is 1. The first-order valence-corrected chi connectivity index (χ1v) is 7.66. The Balaban J connectivity index is 1.56. The van der Waals surface area contributed by atoms with Gasteiger partial charge in [0.15, 0.2) is 0 Å². The zero-order valence-corrected chi connectivity index (χ0v) is 12.2. The van der Waals surface area contributed by atoms with Crippen LogP contribution >= 0.6 is 0 Å². The second kappa shape index (κ2) is 6.12. The van der Waals surface area contributed by atoms with Crippen molar-refractivity contribution in [2.24, 2.45) is 5.92 Å². The molecule has 1 atom stereocenters. The monoisotopic (exact) mass is 290 g/mol. The predicted molar refractivity (Wildman–Crippen MR) is 77.5 cm³/mol. The van der Waals surface area contributed by atoms with Crippen LogP contribution < -0.4 is 0 Å². The van der Waals surface area contributed by atoms with E-state index in [-0.39, 0.29) is 5.91 Å². The summed E-state index contributed by atoms with van der Waals surface area (Å²) in [6.07, 6.45) is 6.13. The van der Waals surface area contributed by atoms with Crippen molar-refractivity contribution in [3.8, 4) is 0 Å². The van der Waals surface area contributed by atoms with Crippen LogP contribution in [0, 0.1) is 5.92 Å². The Hall–Kier alpha value is -1.46. The lowest BCUT2D eigenvalue weighted by Gasteiger charge is -2.38. The maximum atomic E-state index is 12.3. The van der Waals surface area contributed by atoms with Crippen LogP contribution in [-0.2, 0) is 15.1 Å². The first kappa shape index (κ1) is 14.5. The van der Waals surface area contributed by atoms with E-state index in [0.29, 0.717) is 44.9 Å². The Labute approximate surface area is 124 Å². The summed E-state index contributed by atoms with van der Waals surface area (Å²) in [4.78, 5) is 18.2. The van der Waals surface area contributed by atoms with Crippen LogP contribution in [0.2, 0.25) is 0 Å². The third-order valence-corrected chi connectivity index (χ3v) is 4.63. The minimum atomic E-state index is -0.846. The van der Waals surface area contributed by atoms with E-state index in [2.05, 4.69) is 4.98 Å². The van der Waals surface area contributed by atoms with Gasteiger partial charge in [-0.25, -0.2) is 0 Å². The Bertz CT molecular complexity index is 478. The molecule has 0 spiro atoms. The Morgan fingerprint density at radius 3 is 2.90 bits per heavy atom. The average Bonchev–Trinajstić information content (AvgIpc) is 3.02. The van der Waals surface area contributed by atoms with Crippen molar-refractivity contribution >= 4 is 5.91 Å². The largest absolute Gasteiger partial charge is 0.385 e. The number of hydrogen-bond acceptors (Lipinski definition) is 4. The molecule has 114 valence electrons. The fraction of sp³-hybridized carbons (Fsp3) is 0.625. The molecule has 5 heteroatoms. The van der Waals surface area contributed by atoms with Gasteiger partial charge in [-0.05, 0) is 31.2 Å². The van der Waals surface area contributed by atoms with Crippen molar-refractivity contribution in [1.82, 2.24) is 9.88 Å². The lowest BCUT2D eigenvalue weighted by atomic mass is 9.85. The van der Waals surface area contributed by atoms with Gasteiger partial charge in [0.2, 0.25) is 5.91 Å². The lowest BCUT2D eigenvalue weighted by Crippen LogP contribution is -2.45. The van der Waals surface area contributed by atoms with Gasteiger partial charge >= 0.3 is 0 Å². The molecule has 2 aliphatic rings. The summed E-state index contributed by atoms with van der Waals surface area (Å²) >= 11 is 0. The Morgan fingerprint density at radius 1 is 1.48 bits per heavy atom. The van der Waals surface area contributed by atoms with E-state index in [4.69, 9.17) is 4.74 Å². The van der Waals surface area contributed by atoms with Crippen molar-refractivity contribution in [1.29, 1.82) is 0 Å². The van der Waals surface area contributed by atoms with E-state index in [1.165, 1.54) is 0 Å². The fourth-order valence-corrected chi connectivity index (χ4v) is 3.17. The molecule has 0 radical (unpaired) electrons. The zero-order valence-electron chi connectivity index (χ0n) is 12.2. The maximum Gasteiger partial charge on any atom is 0.222 e. The summed E-state index contributed by atoms with van der Waals surface area (Å²) in [7, 11) is 0. The molecular weight excluding hydrogens is 268 g/mol. The molecule has 2 saturated heterocycles. The highest BCUT2D eigenvalue weighted by Crippen LogP contribution is 2.32. The van der Waals surface area contributed by atoms with Gasteiger partial charge in [0.05, 0.1) is 5.60 Å². The second-order valence-corrected chi connectivity index (χ2v) is 6.09. The molecule has 2 fully saturated rings. The van der Waals surface area contributed by atoms with Gasteiger partial charge in [0.1, 0.15) is 0 Å². The second-order valence-electron chi connectivity index (χ2n) is 6.09. The summed E-state index contributed by atoms with van der Waals surface area (Å²) in [5.74, 6) is 0.565. The predicted octanol–water partition coefficient (Wildman–Crippen LogP) is 1.32. The summed E-state index contributed by atoms with van der Waals surface area (Å²) in [6.45, 7) is 2.70. The highest BCUT2D eigenvalue weighted by Gasteiger charge is 2.36. The van der Waals surface area contributed by atoms with Crippen LogP contribution in [0.5, 0.6) is 0 Å². The number of aliphatic hydroxyl groups is 1. The van der Waals surface area contributed by atoms with Crippen molar-refractivity contribution in [2.75, 3.05) is 26.3 Å². The summed E-state index contributed by atoms with van der Waals surface area (Å²) < 4.78 is 5.32. The van der Waals surface area contributed by atoms with Crippen LogP contribution in [0.15, 0.2) is 24.5 Å². The fourth-order valence-electron chi connectivity index (χ4n) is 3.17. The van der Waals surface area contributed by atoms with Gasteiger partial charge in [0, 0.05) is 50.7 Å². The van der Waals surface area contributed by atoms with E-state index in [9.17, 15) is 9.90 Å². The first-order chi connectivity index (χ1) is 10.2. The smallest absolute Gasteiger partial charge is 0.222 e. The maximum absolute atomic E-state index is 12.3. The van der Waals surface area contributed by atoms with Crippen molar-refractivity contribution in [3.05, 3.63) is 30.1 Å². The molecule has 1 aromatic rings. The molecule has 0 bridgehead atoms. The molecule has 5 nitrogen and oxygen atoms in total. The van der Waals surface area contributed by atoms with Gasteiger partial charge in [0.25, 0.3) is 0 Å². The number of ether oxygens (including phenoxy) is 1. The van der Waals surface area contributed by atoms with Gasteiger partial charge in [-0.1, -0.05) is 6.07 Å². The number of pyridine rings is 1. The lowest BCUT2D eigenvalue weighted by molar-refractivity contribution is -0.136. The average molecular weight is 290 g/mol. The zero-order chi connectivity index (χ0) is 14.7. The van der Waals surface area contributed by atoms with Gasteiger partial charge in [-0.2, -0.15) is 0 Å². The van der Waals surface area contributed by atoms with Crippen molar-refractivity contribution in [3.63, 3.8) is 0 Å². The van der Waals surface area contributed by atoms with Crippen molar-refractivity contribution in [2.45, 2.75) is 31.3 Å². The SMILES string of the molecule is O=C(C[C@@H]1CCOC1)N1CCC(O)(c2cccnc2)CC1. The summed E-state index contributed by atoms with van der Waals surface area (Å²) in [5.41, 5.74) is 0.00269. The molecule has 1 N–H and O–H groups in total. The number of aromatic nitrogens is 1. The number of hydrogen-bond donors (Lipinski definition) is 1. The Kier molecular flexibility index (Phi) is 4.22. The molecule has 3 heterocycles. The van der Waals surface area contributed by atoms with Crippen LogP contribution in [0.3, 0.4) is 0 Å². The van der Waals surface area contributed by atoms with Crippen molar-refractivity contribution < 1.29 is 14.6 Å². The number of piperidine rings is 1. The van der Waals surface area contributed by atoms with Gasteiger partial charge in [-0.3, -0.25) is 9.78 Å². The van der Waals surface area contributed by atoms with E-state index in [1.807, 2.05) is 17.0 Å². The molecule has 0 saturated carbocycles. The topological polar surface area (TPSA) is 62.7 Å². The number of nitrogens with zero attached hydrogens (tertiary/aromatic N) is 2. The van der Waals surface area contributed by atoms with Gasteiger partial charge < -0.3 is 14.7 Å². The minimum Gasteiger partial charge on any atom is -0.385 e. The Morgan fingerprint density at radius 2 is 2.29 bits per heavy atom. The van der Waals surface area contributed by atoms with E-state index in [1.54, 1.807) is 12.4 Å². The molecule has 1 aromatic heterocycles. The standard InChI is InChI=1S/C16H22N2O3/c19-15(10-13-3-9-21-12-13)18-7-4-16(20,5-8-18)14-2-1-6-17-11-14/h1-2,6,11,13,20H,3-5,7-10,12H2/t13-/m0/s1. The van der Waals surface area contributed by atoms with Gasteiger partial charge in [-0.15, -0.1) is 0 Å². The molecular formula is C16H22N2O3. The number of amides is 1. The van der Waals surface area contributed by atoms with Crippen LogP contribution in [0.1, 0.15) is 31.2 Å². The molecule has 0 unspecified atom stereocenters. The van der Waals surface area contributed by atoms with E-state index < -0.39 is 5.60 Å². The molecule has 21 heavy (non-hydrogen) atoms. The quantitative estimate of drug-likeness (QED) is 0.912. The molecule has 1 amide bonds. The van der Waals surface area contributed by atoms with E-state index >= 15 is 0 Å². The molecule has 0 aromatic carbocycles. The number of rotatable bonds is 3. The normalized spacial score (nSPS) is 25.0. The molecule has 3 rings (SSSR count). The van der Waals surface area contributed by atoms with Crippen LogP contribution in [-0.4, -0.2) is 47.2 Å². The third kappa shape index (κ3) is 3.24. The molecule has 2 aliphatic heterocycles. The first-order valence-electron chi connectivity index (χ1n) is 7.66.